The first kappa shape index (κ1) is 18.6. The molecule has 0 aliphatic carbocycles. The van der Waals surface area contributed by atoms with E-state index in [0.29, 0.717) is 41.1 Å². The summed E-state index contributed by atoms with van der Waals surface area (Å²) in [7, 11) is 0. The molecule has 1 fully saturated rings. The van der Waals surface area contributed by atoms with E-state index in [-0.39, 0.29) is 17.9 Å². The fourth-order valence-corrected chi connectivity index (χ4v) is 3.48. The van der Waals surface area contributed by atoms with Crippen molar-refractivity contribution in [2.75, 3.05) is 13.1 Å². The van der Waals surface area contributed by atoms with Crippen molar-refractivity contribution in [1.82, 2.24) is 30.0 Å². The van der Waals surface area contributed by atoms with Gasteiger partial charge < -0.3 is 9.42 Å². The number of benzene rings is 1. The Morgan fingerprint density at radius 3 is 2.68 bits per heavy atom. The van der Waals surface area contributed by atoms with E-state index in [1.165, 1.54) is 0 Å². The van der Waals surface area contributed by atoms with Gasteiger partial charge in [-0.25, -0.2) is 4.68 Å². The van der Waals surface area contributed by atoms with Gasteiger partial charge in [0.05, 0.1) is 22.8 Å². The maximum atomic E-state index is 12.7. The summed E-state index contributed by atoms with van der Waals surface area (Å²) < 4.78 is 7.10. The van der Waals surface area contributed by atoms with Crippen molar-refractivity contribution in [3.63, 3.8) is 0 Å². The van der Waals surface area contributed by atoms with Crippen LogP contribution in [0.15, 0.2) is 35.0 Å². The van der Waals surface area contributed by atoms with Gasteiger partial charge >= 0.3 is 0 Å². The van der Waals surface area contributed by atoms with Crippen molar-refractivity contribution < 1.29 is 9.32 Å². The van der Waals surface area contributed by atoms with Gasteiger partial charge in [0.1, 0.15) is 0 Å². The van der Waals surface area contributed by atoms with Crippen LogP contribution < -0.4 is 0 Å². The Morgan fingerprint density at radius 1 is 1.25 bits per heavy atom. The maximum absolute atomic E-state index is 12.7. The average Bonchev–Trinajstić information content (AvgIpc) is 3.38. The number of likely N-dealkylation sites (tertiary alicyclic amines) is 1. The lowest BCUT2D eigenvalue weighted by Crippen LogP contribution is -2.39. The van der Waals surface area contributed by atoms with Gasteiger partial charge in [-0.1, -0.05) is 48.0 Å². The van der Waals surface area contributed by atoms with E-state index in [0.717, 1.165) is 12.8 Å². The van der Waals surface area contributed by atoms with E-state index in [4.69, 9.17) is 16.1 Å². The summed E-state index contributed by atoms with van der Waals surface area (Å²) in [4.78, 5) is 18.9. The Balaban J connectivity index is 1.41. The van der Waals surface area contributed by atoms with Crippen LogP contribution in [0.2, 0.25) is 5.02 Å². The van der Waals surface area contributed by atoms with Gasteiger partial charge in [-0.15, -0.1) is 5.10 Å². The summed E-state index contributed by atoms with van der Waals surface area (Å²) >= 11 is 6.16. The predicted octanol–water partition coefficient (Wildman–Crippen LogP) is 3.58. The Kier molecular flexibility index (Phi) is 5.13. The van der Waals surface area contributed by atoms with Crippen molar-refractivity contribution >= 4 is 17.5 Å². The number of rotatable bonds is 4. The van der Waals surface area contributed by atoms with E-state index in [1.807, 2.05) is 41.8 Å². The Bertz CT molecular complexity index is 974. The molecule has 1 aromatic carbocycles. The molecule has 0 bridgehead atoms. The first-order valence-corrected chi connectivity index (χ1v) is 9.70. The highest BCUT2D eigenvalue weighted by atomic mass is 35.5. The summed E-state index contributed by atoms with van der Waals surface area (Å²) in [5.41, 5.74) is 1.11. The molecule has 1 aliphatic rings. The predicted molar refractivity (Wildman–Crippen MR) is 103 cm³/mol. The molecule has 1 saturated heterocycles. The van der Waals surface area contributed by atoms with Crippen molar-refractivity contribution in [2.24, 2.45) is 0 Å². The summed E-state index contributed by atoms with van der Waals surface area (Å²) in [6.45, 7) is 5.29. The van der Waals surface area contributed by atoms with Crippen LogP contribution in [0, 0.1) is 0 Å². The zero-order valence-corrected chi connectivity index (χ0v) is 16.5. The smallest absolute Gasteiger partial charge is 0.280 e. The van der Waals surface area contributed by atoms with Gasteiger partial charge in [-0.3, -0.25) is 4.79 Å². The molecule has 3 heterocycles. The monoisotopic (exact) mass is 400 g/mol. The van der Waals surface area contributed by atoms with Crippen LogP contribution in [0.5, 0.6) is 0 Å². The third-order valence-electron chi connectivity index (χ3n) is 4.92. The standard InChI is InChI=1S/C19H21ClN6O2/c1-12(2)17-21-18(28-23-17)16-11-26(24-22-16)13-7-9-25(10-8-13)19(27)14-5-3-4-6-15(14)20/h3-6,11-13H,7-10H2,1-2H3. The van der Waals surface area contributed by atoms with Gasteiger partial charge in [-0.2, -0.15) is 4.98 Å². The first-order chi connectivity index (χ1) is 13.5. The van der Waals surface area contributed by atoms with E-state index in [1.54, 1.807) is 12.1 Å². The number of carbonyl (C=O) groups excluding carboxylic acids is 1. The second kappa shape index (κ2) is 7.71. The van der Waals surface area contributed by atoms with Crippen LogP contribution in [-0.4, -0.2) is 49.0 Å². The molecule has 28 heavy (non-hydrogen) atoms. The molecular formula is C19H21ClN6O2. The minimum absolute atomic E-state index is 0.0320. The van der Waals surface area contributed by atoms with Crippen LogP contribution in [-0.2, 0) is 0 Å². The molecule has 0 spiro atoms. The highest BCUT2D eigenvalue weighted by Crippen LogP contribution is 2.26. The Labute approximate surface area is 167 Å². The van der Waals surface area contributed by atoms with Gasteiger partial charge in [0.15, 0.2) is 11.5 Å². The van der Waals surface area contributed by atoms with Crippen LogP contribution in [0.3, 0.4) is 0 Å². The lowest BCUT2D eigenvalue weighted by molar-refractivity contribution is 0.0689. The zero-order chi connectivity index (χ0) is 19.7. The second-order valence-corrected chi connectivity index (χ2v) is 7.61. The van der Waals surface area contributed by atoms with Gasteiger partial charge in [-0.05, 0) is 25.0 Å². The highest BCUT2D eigenvalue weighted by molar-refractivity contribution is 6.33. The Hall–Kier alpha value is -2.74. The molecule has 1 amide bonds. The van der Waals surface area contributed by atoms with E-state index in [2.05, 4.69) is 20.5 Å². The van der Waals surface area contributed by atoms with Gasteiger partial charge in [0.25, 0.3) is 11.8 Å². The van der Waals surface area contributed by atoms with Crippen molar-refractivity contribution in [3.8, 4) is 11.6 Å². The molecule has 4 rings (SSSR count). The number of aromatic nitrogens is 5. The molecule has 0 N–H and O–H groups in total. The number of halogens is 1. The van der Waals surface area contributed by atoms with Crippen LogP contribution in [0.1, 0.15) is 54.8 Å². The molecule has 8 nitrogen and oxygen atoms in total. The van der Waals surface area contributed by atoms with E-state index in [9.17, 15) is 4.79 Å². The number of amides is 1. The van der Waals surface area contributed by atoms with E-state index < -0.39 is 0 Å². The van der Waals surface area contributed by atoms with Crippen LogP contribution in [0.25, 0.3) is 11.6 Å². The number of carbonyl (C=O) groups is 1. The fourth-order valence-electron chi connectivity index (χ4n) is 3.27. The number of hydrogen-bond acceptors (Lipinski definition) is 6. The molecule has 0 radical (unpaired) electrons. The number of piperidine rings is 1. The lowest BCUT2D eigenvalue weighted by atomic mass is 10.0. The fraction of sp³-hybridized carbons (Fsp3) is 0.421. The average molecular weight is 401 g/mol. The molecular weight excluding hydrogens is 380 g/mol. The molecule has 146 valence electrons. The minimum Gasteiger partial charge on any atom is -0.338 e. The molecule has 1 aliphatic heterocycles. The summed E-state index contributed by atoms with van der Waals surface area (Å²) in [6.07, 6.45) is 3.41. The third kappa shape index (κ3) is 3.64. The van der Waals surface area contributed by atoms with Crippen molar-refractivity contribution in [3.05, 3.63) is 46.9 Å². The summed E-state index contributed by atoms with van der Waals surface area (Å²) in [5.74, 6) is 1.18. The van der Waals surface area contributed by atoms with E-state index >= 15 is 0 Å². The Morgan fingerprint density at radius 2 is 2.00 bits per heavy atom. The summed E-state index contributed by atoms with van der Waals surface area (Å²) in [5, 5.41) is 12.8. The van der Waals surface area contributed by atoms with Crippen LogP contribution >= 0.6 is 11.6 Å². The molecule has 2 aromatic heterocycles. The molecule has 0 atom stereocenters. The zero-order valence-electron chi connectivity index (χ0n) is 15.7. The number of hydrogen-bond donors (Lipinski definition) is 0. The summed E-state index contributed by atoms with van der Waals surface area (Å²) in [6, 6.07) is 7.31. The first-order valence-electron chi connectivity index (χ1n) is 9.32. The minimum atomic E-state index is -0.0320. The topological polar surface area (TPSA) is 89.9 Å². The largest absolute Gasteiger partial charge is 0.338 e. The molecule has 9 heteroatoms. The van der Waals surface area contributed by atoms with Gasteiger partial charge in [0, 0.05) is 19.0 Å². The lowest BCUT2D eigenvalue weighted by Gasteiger charge is -2.32. The van der Waals surface area contributed by atoms with Crippen LogP contribution in [0.4, 0.5) is 0 Å². The normalized spacial score (nSPS) is 15.4. The second-order valence-electron chi connectivity index (χ2n) is 7.20. The third-order valence-corrected chi connectivity index (χ3v) is 5.25. The maximum Gasteiger partial charge on any atom is 0.280 e. The van der Waals surface area contributed by atoms with Gasteiger partial charge in [0.2, 0.25) is 0 Å². The molecule has 0 unspecified atom stereocenters. The number of nitrogens with zero attached hydrogens (tertiary/aromatic N) is 6. The quantitative estimate of drug-likeness (QED) is 0.664. The van der Waals surface area contributed by atoms with Crippen molar-refractivity contribution in [1.29, 1.82) is 0 Å². The SMILES string of the molecule is CC(C)c1noc(-c2cn(C3CCN(C(=O)c4ccccc4Cl)CC3)nn2)n1. The highest BCUT2D eigenvalue weighted by Gasteiger charge is 2.27. The molecule has 0 saturated carbocycles. The molecule has 3 aromatic rings. The van der Waals surface area contributed by atoms with Crippen molar-refractivity contribution in [2.45, 2.75) is 38.6 Å².